The average molecular weight is 480 g/mol. The zero-order chi connectivity index (χ0) is 25.2. The van der Waals surface area contributed by atoms with Crippen molar-refractivity contribution in [3.05, 3.63) is 71.9 Å². The zero-order valence-electron chi connectivity index (χ0n) is 21.1. The summed E-state index contributed by atoms with van der Waals surface area (Å²) in [4.78, 5) is 18.0. The lowest BCUT2D eigenvalue weighted by molar-refractivity contribution is 0.753. The van der Waals surface area contributed by atoms with Crippen molar-refractivity contribution in [1.82, 2.24) is 29.7 Å². The Kier molecular flexibility index (Phi) is 6.20. The van der Waals surface area contributed by atoms with E-state index in [0.29, 0.717) is 0 Å². The number of aromatic nitrogens is 6. The number of nitrogens with one attached hydrogen (secondary N) is 3. The summed E-state index contributed by atoms with van der Waals surface area (Å²) in [6.45, 7) is 6.29. The molecule has 9 heteroatoms. The summed E-state index contributed by atoms with van der Waals surface area (Å²) in [5.41, 5.74) is 5.94. The Bertz CT molecular complexity index is 1550. The van der Waals surface area contributed by atoms with E-state index >= 15 is 0 Å². The molecule has 0 saturated carbocycles. The summed E-state index contributed by atoms with van der Waals surface area (Å²) in [6, 6.07) is 12.0. The highest BCUT2D eigenvalue weighted by Gasteiger charge is 2.16. The van der Waals surface area contributed by atoms with Crippen LogP contribution in [0, 0.1) is 13.8 Å². The smallest absolute Gasteiger partial charge is 0.139 e. The Morgan fingerprint density at radius 3 is 2.50 bits per heavy atom. The summed E-state index contributed by atoms with van der Waals surface area (Å²) in [7, 11) is 3.79. The van der Waals surface area contributed by atoms with E-state index in [9.17, 15) is 0 Å². The largest absolute Gasteiger partial charge is 0.373 e. The van der Waals surface area contributed by atoms with E-state index < -0.39 is 0 Å². The van der Waals surface area contributed by atoms with Crippen LogP contribution < -0.4 is 16.0 Å². The molecule has 4 heterocycles. The summed E-state index contributed by atoms with van der Waals surface area (Å²) in [5, 5.41) is 16.8. The fourth-order valence-electron chi connectivity index (χ4n) is 4.41. The molecular formula is C27H29N9. The van der Waals surface area contributed by atoms with E-state index in [4.69, 9.17) is 0 Å². The van der Waals surface area contributed by atoms with Crippen LogP contribution in [0.4, 0.5) is 29.0 Å². The third kappa shape index (κ3) is 4.19. The normalized spacial score (nSPS) is 11.0. The quantitative estimate of drug-likeness (QED) is 0.280. The van der Waals surface area contributed by atoms with E-state index in [1.165, 1.54) is 0 Å². The molecule has 0 atom stereocenters. The molecule has 0 aliphatic rings. The van der Waals surface area contributed by atoms with Crippen LogP contribution in [-0.2, 0) is 13.5 Å². The second kappa shape index (κ2) is 9.61. The highest BCUT2D eigenvalue weighted by Crippen LogP contribution is 2.36. The van der Waals surface area contributed by atoms with Crippen LogP contribution in [0.1, 0.15) is 23.7 Å². The molecule has 0 saturated heterocycles. The number of hydrogen-bond acceptors (Lipinski definition) is 8. The summed E-state index contributed by atoms with van der Waals surface area (Å²) >= 11 is 0. The van der Waals surface area contributed by atoms with Crippen molar-refractivity contribution < 1.29 is 0 Å². The zero-order valence-corrected chi connectivity index (χ0v) is 21.1. The van der Waals surface area contributed by atoms with Gasteiger partial charge >= 0.3 is 0 Å². The second-order valence-electron chi connectivity index (χ2n) is 8.60. The van der Waals surface area contributed by atoms with Gasteiger partial charge in [0.15, 0.2) is 0 Å². The lowest BCUT2D eigenvalue weighted by Crippen LogP contribution is -2.04. The van der Waals surface area contributed by atoms with Crippen molar-refractivity contribution in [3.8, 4) is 11.3 Å². The molecule has 4 aromatic heterocycles. The molecule has 0 bridgehead atoms. The molecule has 0 aliphatic carbocycles. The van der Waals surface area contributed by atoms with Gasteiger partial charge in [0.1, 0.15) is 29.6 Å². The van der Waals surface area contributed by atoms with Crippen LogP contribution >= 0.6 is 0 Å². The van der Waals surface area contributed by atoms with Gasteiger partial charge < -0.3 is 16.0 Å². The minimum atomic E-state index is 0.718. The number of nitrogens with zero attached hydrogens (tertiary/aromatic N) is 6. The van der Waals surface area contributed by atoms with Crippen LogP contribution in [0.25, 0.3) is 22.0 Å². The molecule has 36 heavy (non-hydrogen) atoms. The van der Waals surface area contributed by atoms with Gasteiger partial charge in [-0.05, 0) is 44.0 Å². The maximum atomic E-state index is 4.66. The molecule has 0 spiro atoms. The number of fused-ring (bicyclic) bond motifs is 1. The predicted octanol–water partition coefficient (Wildman–Crippen LogP) is 5.53. The second-order valence-corrected chi connectivity index (χ2v) is 8.60. The maximum absolute atomic E-state index is 4.66. The Hall–Kier alpha value is -4.53. The first-order valence-corrected chi connectivity index (χ1v) is 11.9. The monoisotopic (exact) mass is 479 g/mol. The Balaban J connectivity index is 1.58. The molecule has 5 rings (SSSR count). The van der Waals surface area contributed by atoms with E-state index in [2.05, 4.69) is 73.9 Å². The summed E-state index contributed by atoms with van der Waals surface area (Å²) in [5.74, 6) is 3.18. The van der Waals surface area contributed by atoms with Crippen LogP contribution in [-0.4, -0.2) is 36.8 Å². The highest BCUT2D eigenvalue weighted by atomic mass is 15.3. The first-order valence-electron chi connectivity index (χ1n) is 11.9. The number of hydrogen-bond donors (Lipinski definition) is 3. The van der Waals surface area contributed by atoms with Gasteiger partial charge in [-0.1, -0.05) is 19.1 Å². The standard InChI is InChI=1S/C27H29N9/c1-6-21-17(3)27(36(5)35-21)34-25-19-10-9-16(2)24(18(19)11-13-30-25)33-26-20(8-7-12-29-26)22-14-23(28-4)32-15-31-22/h7-15H,6H2,1-5H3,(H,29,33)(H,30,34)(H,28,31,32). The number of aryl methyl sites for hydroxylation is 3. The molecule has 182 valence electrons. The molecule has 0 radical (unpaired) electrons. The van der Waals surface area contributed by atoms with Gasteiger partial charge in [-0.25, -0.2) is 19.9 Å². The van der Waals surface area contributed by atoms with Gasteiger partial charge in [-0.15, -0.1) is 0 Å². The number of benzene rings is 1. The van der Waals surface area contributed by atoms with Crippen LogP contribution in [0.5, 0.6) is 0 Å². The molecule has 9 nitrogen and oxygen atoms in total. The molecule has 0 aliphatic heterocycles. The number of rotatable bonds is 7. The number of anilines is 5. The number of pyridine rings is 2. The van der Waals surface area contributed by atoms with E-state index in [-0.39, 0.29) is 0 Å². The van der Waals surface area contributed by atoms with Crippen LogP contribution in [0.3, 0.4) is 0 Å². The Morgan fingerprint density at radius 1 is 0.889 bits per heavy atom. The van der Waals surface area contributed by atoms with Crippen molar-refractivity contribution in [2.24, 2.45) is 7.05 Å². The van der Waals surface area contributed by atoms with E-state index in [1.807, 2.05) is 49.2 Å². The summed E-state index contributed by atoms with van der Waals surface area (Å²) in [6.07, 6.45) is 6.03. The van der Waals surface area contributed by atoms with Gasteiger partial charge in [0.2, 0.25) is 0 Å². The SMILES string of the molecule is CCc1nn(C)c(Nc2nccc3c(Nc4ncccc4-c4cc(NC)ncn4)c(C)ccc23)c1C. The van der Waals surface area contributed by atoms with Crippen LogP contribution in [0.2, 0.25) is 0 Å². The van der Waals surface area contributed by atoms with Gasteiger partial charge in [0, 0.05) is 54.5 Å². The molecular weight excluding hydrogens is 450 g/mol. The Labute approximate surface area is 210 Å². The van der Waals surface area contributed by atoms with Gasteiger partial charge in [0.25, 0.3) is 0 Å². The molecule has 0 amide bonds. The maximum Gasteiger partial charge on any atom is 0.139 e. The predicted molar refractivity (Wildman–Crippen MR) is 145 cm³/mol. The van der Waals surface area contributed by atoms with Gasteiger partial charge in [-0.2, -0.15) is 5.10 Å². The molecule has 0 unspecified atom stereocenters. The molecule has 0 fully saturated rings. The highest BCUT2D eigenvalue weighted by molar-refractivity contribution is 6.03. The molecule has 1 aromatic carbocycles. The third-order valence-corrected chi connectivity index (χ3v) is 6.36. The Morgan fingerprint density at radius 2 is 1.72 bits per heavy atom. The minimum absolute atomic E-state index is 0.718. The first kappa shape index (κ1) is 23.2. The fourth-order valence-corrected chi connectivity index (χ4v) is 4.41. The minimum Gasteiger partial charge on any atom is -0.373 e. The fraction of sp³-hybridized carbons (Fsp3) is 0.222. The van der Waals surface area contributed by atoms with Crippen molar-refractivity contribution in [2.75, 3.05) is 23.0 Å². The van der Waals surface area contributed by atoms with Crippen LogP contribution in [0.15, 0.2) is 55.1 Å². The van der Waals surface area contributed by atoms with Crippen molar-refractivity contribution in [3.63, 3.8) is 0 Å². The van der Waals surface area contributed by atoms with Gasteiger partial charge in [0.05, 0.1) is 17.1 Å². The third-order valence-electron chi connectivity index (χ3n) is 6.36. The van der Waals surface area contributed by atoms with E-state index in [0.717, 1.165) is 74.2 Å². The average Bonchev–Trinajstić information content (AvgIpc) is 3.18. The molecule has 5 aromatic rings. The van der Waals surface area contributed by atoms with Crippen molar-refractivity contribution >= 4 is 39.7 Å². The van der Waals surface area contributed by atoms with Gasteiger partial charge in [-0.3, -0.25) is 4.68 Å². The van der Waals surface area contributed by atoms with Crippen molar-refractivity contribution in [1.29, 1.82) is 0 Å². The molecule has 3 N–H and O–H groups in total. The first-order chi connectivity index (χ1) is 17.5. The van der Waals surface area contributed by atoms with E-state index in [1.54, 1.807) is 12.5 Å². The van der Waals surface area contributed by atoms with Crippen molar-refractivity contribution in [2.45, 2.75) is 27.2 Å². The topological polar surface area (TPSA) is 105 Å². The lowest BCUT2D eigenvalue weighted by atomic mass is 10.0. The summed E-state index contributed by atoms with van der Waals surface area (Å²) < 4.78 is 1.88. The lowest BCUT2D eigenvalue weighted by Gasteiger charge is -2.17.